The quantitative estimate of drug-likeness (QED) is 0.785. The topological polar surface area (TPSA) is 64.5 Å². The largest absolute Gasteiger partial charge is 0.472 e. The molecule has 1 unspecified atom stereocenters. The number of carbonyl (C=O) groups is 1. The lowest BCUT2D eigenvalue weighted by Crippen LogP contribution is -2.36. The van der Waals surface area contributed by atoms with Gasteiger partial charge in [-0.25, -0.2) is 9.78 Å². The number of rotatable bonds is 2. The molecule has 0 aromatic carbocycles. The van der Waals surface area contributed by atoms with Crippen LogP contribution in [0.5, 0.6) is 5.88 Å². The monoisotopic (exact) mass is 299 g/mol. The molecule has 1 atom stereocenters. The number of halogens is 1. The maximum absolute atomic E-state index is 11.9. The van der Waals surface area contributed by atoms with Crippen LogP contribution in [0.25, 0.3) is 0 Å². The van der Waals surface area contributed by atoms with Gasteiger partial charge in [0.05, 0.1) is 6.54 Å². The number of nitrogens with zero attached hydrogens (tertiary/aromatic N) is 3. The van der Waals surface area contributed by atoms with Crippen LogP contribution in [0.3, 0.4) is 0 Å². The zero-order chi connectivity index (χ0) is 14.8. The van der Waals surface area contributed by atoms with Gasteiger partial charge in [-0.2, -0.15) is 4.98 Å². The van der Waals surface area contributed by atoms with Crippen molar-refractivity contribution in [2.45, 2.75) is 38.9 Å². The maximum atomic E-state index is 11.9. The molecule has 0 bridgehead atoms. The summed E-state index contributed by atoms with van der Waals surface area (Å²) in [7, 11) is 0. The number of aromatic nitrogens is 2. The van der Waals surface area contributed by atoms with Crippen molar-refractivity contribution in [3.8, 4) is 5.88 Å². The molecule has 1 aliphatic rings. The zero-order valence-corrected chi connectivity index (χ0v) is 12.6. The van der Waals surface area contributed by atoms with Crippen molar-refractivity contribution in [3.63, 3.8) is 0 Å². The summed E-state index contributed by atoms with van der Waals surface area (Å²) in [4.78, 5) is 21.3. The molecule has 1 saturated heterocycles. The van der Waals surface area contributed by atoms with Crippen LogP contribution >= 0.6 is 11.6 Å². The van der Waals surface area contributed by atoms with Gasteiger partial charge in [0, 0.05) is 25.2 Å². The first-order valence-corrected chi connectivity index (χ1v) is 6.84. The summed E-state index contributed by atoms with van der Waals surface area (Å²) in [5.74, 6) is 0.418. The third kappa shape index (κ3) is 4.23. The third-order valence-electron chi connectivity index (χ3n) is 2.68. The molecular formula is C13H18ClN3O3. The summed E-state index contributed by atoms with van der Waals surface area (Å²) >= 11 is 5.70. The fraction of sp³-hybridized carbons (Fsp3) is 0.615. The fourth-order valence-corrected chi connectivity index (χ4v) is 2.01. The molecule has 0 spiro atoms. The highest BCUT2D eigenvalue weighted by Gasteiger charge is 2.31. The van der Waals surface area contributed by atoms with Crippen LogP contribution in [0.4, 0.5) is 4.79 Å². The number of carbonyl (C=O) groups excluding carboxylic acids is 1. The first-order chi connectivity index (χ1) is 9.33. The highest BCUT2D eigenvalue weighted by molar-refractivity contribution is 6.28. The van der Waals surface area contributed by atoms with Crippen molar-refractivity contribution >= 4 is 17.7 Å². The lowest BCUT2D eigenvalue weighted by atomic mass is 10.2. The molecule has 2 heterocycles. The van der Waals surface area contributed by atoms with Crippen molar-refractivity contribution < 1.29 is 14.3 Å². The van der Waals surface area contributed by atoms with Gasteiger partial charge in [0.1, 0.15) is 11.7 Å². The first kappa shape index (κ1) is 14.8. The highest BCUT2D eigenvalue weighted by Crippen LogP contribution is 2.19. The number of ether oxygens (including phenoxy) is 2. The number of hydrogen-bond donors (Lipinski definition) is 0. The molecule has 2 rings (SSSR count). The van der Waals surface area contributed by atoms with E-state index >= 15 is 0 Å². The van der Waals surface area contributed by atoms with Gasteiger partial charge in [-0.15, -0.1) is 0 Å². The molecule has 1 fully saturated rings. The fourth-order valence-electron chi connectivity index (χ4n) is 1.87. The second-order valence-electron chi connectivity index (χ2n) is 5.62. The Hall–Kier alpha value is -1.56. The Balaban J connectivity index is 1.88. The molecule has 20 heavy (non-hydrogen) atoms. The van der Waals surface area contributed by atoms with E-state index in [-0.39, 0.29) is 17.5 Å². The Morgan fingerprint density at radius 2 is 2.25 bits per heavy atom. The lowest BCUT2D eigenvalue weighted by molar-refractivity contribution is 0.0275. The van der Waals surface area contributed by atoms with Crippen LogP contribution in [0.2, 0.25) is 5.28 Å². The predicted molar refractivity (Wildman–Crippen MR) is 73.9 cm³/mol. The second kappa shape index (κ2) is 5.83. The molecule has 7 heteroatoms. The normalized spacial score (nSPS) is 19.0. The molecule has 1 amide bonds. The smallest absolute Gasteiger partial charge is 0.410 e. The van der Waals surface area contributed by atoms with Crippen molar-refractivity contribution in [2.24, 2.45) is 0 Å². The van der Waals surface area contributed by atoms with Crippen LogP contribution in [0.1, 0.15) is 27.2 Å². The van der Waals surface area contributed by atoms with Gasteiger partial charge < -0.3 is 14.4 Å². The standard InChI is InChI=1S/C13H18ClN3O3/c1-13(2,3)20-12(18)17-7-5-9(8-17)19-10-4-6-15-11(14)16-10/h4,6,9H,5,7-8H2,1-3H3. The van der Waals surface area contributed by atoms with E-state index in [1.807, 2.05) is 20.8 Å². The summed E-state index contributed by atoms with van der Waals surface area (Å²) in [5, 5.41) is 0.143. The summed E-state index contributed by atoms with van der Waals surface area (Å²) in [6.45, 7) is 6.63. The molecule has 0 saturated carbocycles. The zero-order valence-electron chi connectivity index (χ0n) is 11.8. The van der Waals surface area contributed by atoms with Gasteiger partial charge in [0.15, 0.2) is 0 Å². The molecule has 0 radical (unpaired) electrons. The number of hydrogen-bond acceptors (Lipinski definition) is 5. The van der Waals surface area contributed by atoms with Gasteiger partial charge in [-0.3, -0.25) is 0 Å². The average Bonchev–Trinajstić information content (AvgIpc) is 2.75. The van der Waals surface area contributed by atoms with Crippen LogP contribution in [0.15, 0.2) is 12.3 Å². The van der Waals surface area contributed by atoms with Crippen LogP contribution in [0, 0.1) is 0 Å². The summed E-state index contributed by atoms with van der Waals surface area (Å²) in [6.07, 6.45) is 1.85. The van der Waals surface area contributed by atoms with Gasteiger partial charge in [-0.05, 0) is 32.4 Å². The van der Waals surface area contributed by atoms with E-state index in [0.29, 0.717) is 19.0 Å². The highest BCUT2D eigenvalue weighted by atomic mass is 35.5. The SMILES string of the molecule is CC(C)(C)OC(=O)N1CCC(Oc2ccnc(Cl)n2)C1. The van der Waals surface area contributed by atoms with Crippen molar-refractivity contribution in [2.75, 3.05) is 13.1 Å². The Labute approximate surface area is 123 Å². The van der Waals surface area contributed by atoms with Gasteiger partial charge in [-0.1, -0.05) is 0 Å². The van der Waals surface area contributed by atoms with E-state index < -0.39 is 5.60 Å². The Bertz CT molecular complexity index is 490. The molecular weight excluding hydrogens is 282 g/mol. The van der Waals surface area contributed by atoms with E-state index in [1.165, 1.54) is 6.20 Å². The average molecular weight is 300 g/mol. The van der Waals surface area contributed by atoms with Crippen LogP contribution < -0.4 is 4.74 Å². The molecule has 0 N–H and O–H groups in total. The Morgan fingerprint density at radius 3 is 2.90 bits per heavy atom. The Morgan fingerprint density at radius 1 is 1.50 bits per heavy atom. The van der Waals surface area contributed by atoms with Crippen molar-refractivity contribution in [1.29, 1.82) is 0 Å². The van der Waals surface area contributed by atoms with Gasteiger partial charge in [0.25, 0.3) is 0 Å². The minimum absolute atomic E-state index is 0.103. The van der Waals surface area contributed by atoms with E-state index in [2.05, 4.69) is 9.97 Å². The van der Waals surface area contributed by atoms with E-state index in [0.717, 1.165) is 6.42 Å². The van der Waals surface area contributed by atoms with Crippen LogP contribution in [-0.2, 0) is 4.74 Å². The van der Waals surface area contributed by atoms with Crippen molar-refractivity contribution in [3.05, 3.63) is 17.5 Å². The summed E-state index contributed by atoms with van der Waals surface area (Å²) in [5.41, 5.74) is -0.490. The lowest BCUT2D eigenvalue weighted by Gasteiger charge is -2.24. The second-order valence-corrected chi connectivity index (χ2v) is 5.96. The van der Waals surface area contributed by atoms with Gasteiger partial charge >= 0.3 is 6.09 Å². The number of amides is 1. The minimum atomic E-state index is -0.490. The minimum Gasteiger partial charge on any atom is -0.472 e. The summed E-state index contributed by atoms with van der Waals surface area (Å²) < 4.78 is 11.0. The molecule has 6 nitrogen and oxygen atoms in total. The predicted octanol–water partition coefficient (Wildman–Crippen LogP) is 2.52. The van der Waals surface area contributed by atoms with E-state index in [4.69, 9.17) is 21.1 Å². The molecule has 1 aromatic rings. The van der Waals surface area contributed by atoms with Crippen LogP contribution in [-0.4, -0.2) is 45.8 Å². The molecule has 110 valence electrons. The van der Waals surface area contributed by atoms with Gasteiger partial charge in [0.2, 0.25) is 11.2 Å². The first-order valence-electron chi connectivity index (χ1n) is 6.46. The number of likely N-dealkylation sites (tertiary alicyclic amines) is 1. The maximum Gasteiger partial charge on any atom is 0.410 e. The van der Waals surface area contributed by atoms with E-state index in [1.54, 1.807) is 11.0 Å². The van der Waals surface area contributed by atoms with E-state index in [9.17, 15) is 4.79 Å². The Kier molecular flexibility index (Phi) is 4.32. The molecule has 1 aromatic heterocycles. The van der Waals surface area contributed by atoms with Crippen molar-refractivity contribution in [1.82, 2.24) is 14.9 Å². The third-order valence-corrected chi connectivity index (χ3v) is 2.87. The molecule has 1 aliphatic heterocycles. The molecule has 0 aliphatic carbocycles. The summed E-state index contributed by atoms with van der Waals surface area (Å²) in [6, 6.07) is 1.64.